The molecule has 1 fully saturated rings. The summed E-state index contributed by atoms with van der Waals surface area (Å²) in [6.07, 6.45) is 4.63. The molecule has 0 unspecified atom stereocenters. The molecule has 30 heavy (non-hydrogen) atoms. The van der Waals surface area contributed by atoms with E-state index < -0.39 is 0 Å². The van der Waals surface area contributed by atoms with Crippen LogP contribution in [0.25, 0.3) is 10.9 Å². The molecule has 0 spiro atoms. The Morgan fingerprint density at radius 3 is 2.63 bits per heavy atom. The molecular formula is C24H27N3O2S. The molecule has 4 rings (SSSR count). The number of rotatable bonds is 6. The van der Waals surface area contributed by atoms with Gasteiger partial charge in [-0.25, -0.2) is 4.98 Å². The SMILES string of the molecule is C[C@H]1CCCC[C@@H]1NC(=O)CSc1nc2ccccc2c(=O)n1Cc1ccccc1. The van der Waals surface area contributed by atoms with E-state index in [0.717, 1.165) is 12.0 Å². The number of nitrogens with one attached hydrogen (secondary N) is 1. The van der Waals surface area contributed by atoms with Crippen molar-refractivity contribution in [1.29, 1.82) is 0 Å². The Kier molecular flexibility index (Phi) is 6.53. The van der Waals surface area contributed by atoms with Crippen LogP contribution in [0.3, 0.4) is 0 Å². The van der Waals surface area contributed by atoms with Crippen molar-refractivity contribution < 1.29 is 4.79 Å². The Hall–Kier alpha value is -2.60. The van der Waals surface area contributed by atoms with E-state index in [4.69, 9.17) is 4.98 Å². The van der Waals surface area contributed by atoms with Crippen LogP contribution in [-0.4, -0.2) is 27.3 Å². The molecule has 1 amide bonds. The van der Waals surface area contributed by atoms with Crippen molar-refractivity contribution in [2.75, 3.05) is 5.75 Å². The fourth-order valence-electron chi connectivity index (χ4n) is 4.07. The minimum absolute atomic E-state index is 0.00687. The first-order chi connectivity index (χ1) is 14.6. The number of benzene rings is 2. The van der Waals surface area contributed by atoms with Crippen molar-refractivity contribution in [3.05, 3.63) is 70.5 Å². The van der Waals surface area contributed by atoms with Crippen LogP contribution >= 0.6 is 11.8 Å². The van der Waals surface area contributed by atoms with Gasteiger partial charge in [-0.2, -0.15) is 0 Å². The minimum Gasteiger partial charge on any atom is -0.352 e. The number of aromatic nitrogens is 2. The number of fused-ring (bicyclic) bond motifs is 1. The maximum atomic E-state index is 13.2. The number of nitrogens with zero attached hydrogens (tertiary/aromatic N) is 2. The molecule has 1 aliphatic carbocycles. The molecule has 156 valence electrons. The van der Waals surface area contributed by atoms with E-state index in [9.17, 15) is 9.59 Å². The first kappa shape index (κ1) is 20.7. The summed E-state index contributed by atoms with van der Waals surface area (Å²) in [5.74, 6) is 0.776. The highest BCUT2D eigenvalue weighted by molar-refractivity contribution is 7.99. The highest BCUT2D eigenvalue weighted by Gasteiger charge is 2.23. The van der Waals surface area contributed by atoms with Gasteiger partial charge in [-0.05, 0) is 36.5 Å². The maximum absolute atomic E-state index is 13.2. The van der Waals surface area contributed by atoms with E-state index in [1.54, 1.807) is 10.6 Å². The number of carbonyl (C=O) groups is 1. The van der Waals surface area contributed by atoms with Crippen LogP contribution in [-0.2, 0) is 11.3 Å². The van der Waals surface area contributed by atoms with Gasteiger partial charge < -0.3 is 5.32 Å². The molecule has 6 heteroatoms. The van der Waals surface area contributed by atoms with Crippen molar-refractivity contribution in [3.63, 3.8) is 0 Å². The van der Waals surface area contributed by atoms with Gasteiger partial charge in [0.1, 0.15) is 0 Å². The van der Waals surface area contributed by atoms with Crippen molar-refractivity contribution in [3.8, 4) is 0 Å². The third kappa shape index (κ3) is 4.75. The normalized spacial score (nSPS) is 19.0. The molecule has 0 saturated heterocycles. The predicted octanol–water partition coefficient (Wildman–Crippen LogP) is 4.23. The van der Waals surface area contributed by atoms with Crippen LogP contribution in [0.2, 0.25) is 0 Å². The average molecular weight is 422 g/mol. The zero-order valence-corrected chi connectivity index (χ0v) is 18.0. The summed E-state index contributed by atoms with van der Waals surface area (Å²) in [5.41, 5.74) is 1.61. The second-order valence-corrected chi connectivity index (χ2v) is 8.96. The zero-order chi connectivity index (χ0) is 20.9. The number of hydrogen-bond donors (Lipinski definition) is 1. The van der Waals surface area contributed by atoms with Gasteiger partial charge >= 0.3 is 0 Å². The average Bonchev–Trinajstić information content (AvgIpc) is 2.77. The summed E-state index contributed by atoms with van der Waals surface area (Å²) >= 11 is 1.33. The number of para-hydroxylation sites is 1. The predicted molar refractivity (Wildman–Crippen MR) is 122 cm³/mol. The molecule has 0 radical (unpaired) electrons. The lowest BCUT2D eigenvalue weighted by Gasteiger charge is -2.29. The summed E-state index contributed by atoms with van der Waals surface area (Å²) in [6.45, 7) is 2.64. The molecule has 0 aliphatic heterocycles. The van der Waals surface area contributed by atoms with Crippen LogP contribution in [0.1, 0.15) is 38.2 Å². The third-order valence-corrected chi connectivity index (χ3v) is 6.78. The number of hydrogen-bond acceptors (Lipinski definition) is 4. The van der Waals surface area contributed by atoms with E-state index in [0.29, 0.717) is 28.5 Å². The van der Waals surface area contributed by atoms with Gasteiger partial charge in [-0.3, -0.25) is 14.2 Å². The molecule has 5 nitrogen and oxygen atoms in total. The van der Waals surface area contributed by atoms with Crippen LogP contribution in [0, 0.1) is 5.92 Å². The van der Waals surface area contributed by atoms with E-state index in [1.807, 2.05) is 48.5 Å². The molecule has 2 atom stereocenters. The van der Waals surface area contributed by atoms with Crippen LogP contribution in [0.15, 0.2) is 64.5 Å². The molecule has 1 aliphatic rings. The summed E-state index contributed by atoms with van der Waals surface area (Å²) < 4.78 is 1.68. The Labute approximate surface area is 180 Å². The lowest BCUT2D eigenvalue weighted by atomic mass is 9.86. The van der Waals surface area contributed by atoms with Crippen LogP contribution in [0.4, 0.5) is 0 Å². The van der Waals surface area contributed by atoms with Gasteiger partial charge in [0.2, 0.25) is 5.91 Å². The van der Waals surface area contributed by atoms with E-state index in [-0.39, 0.29) is 23.3 Å². The summed E-state index contributed by atoms with van der Waals surface area (Å²) in [7, 11) is 0. The first-order valence-corrected chi connectivity index (χ1v) is 11.6. The smallest absolute Gasteiger partial charge is 0.262 e. The second kappa shape index (κ2) is 9.47. The van der Waals surface area contributed by atoms with Gasteiger partial charge in [0, 0.05) is 6.04 Å². The van der Waals surface area contributed by atoms with E-state index in [1.165, 1.54) is 31.0 Å². The quantitative estimate of drug-likeness (QED) is 0.478. The van der Waals surface area contributed by atoms with Crippen molar-refractivity contribution in [1.82, 2.24) is 14.9 Å². The van der Waals surface area contributed by atoms with Gasteiger partial charge in [-0.1, -0.05) is 74.0 Å². The highest BCUT2D eigenvalue weighted by atomic mass is 32.2. The fourth-order valence-corrected chi connectivity index (χ4v) is 4.88. The topological polar surface area (TPSA) is 64.0 Å². The maximum Gasteiger partial charge on any atom is 0.262 e. The Balaban J connectivity index is 1.56. The monoisotopic (exact) mass is 421 g/mol. The molecule has 3 aromatic rings. The fraction of sp³-hybridized carbons (Fsp3) is 0.375. The molecule has 0 bridgehead atoms. The Morgan fingerprint density at radius 1 is 1.10 bits per heavy atom. The van der Waals surface area contributed by atoms with Gasteiger partial charge in [0.15, 0.2) is 5.16 Å². The minimum atomic E-state index is -0.0757. The molecule has 1 heterocycles. The summed E-state index contributed by atoms with van der Waals surface area (Å²) in [5, 5.41) is 4.36. The molecular weight excluding hydrogens is 394 g/mol. The lowest BCUT2D eigenvalue weighted by molar-refractivity contribution is -0.119. The van der Waals surface area contributed by atoms with Crippen molar-refractivity contribution in [2.45, 2.75) is 50.4 Å². The van der Waals surface area contributed by atoms with Gasteiger partial charge in [0.25, 0.3) is 5.56 Å². The standard InChI is InChI=1S/C24H27N3O2S/c1-17-9-5-7-13-20(17)25-22(28)16-30-24-26-21-14-8-6-12-19(21)23(29)27(24)15-18-10-3-2-4-11-18/h2-4,6,8,10-12,14,17,20H,5,7,9,13,15-16H2,1H3,(H,25,28)/t17-,20-/m0/s1. The van der Waals surface area contributed by atoms with Crippen molar-refractivity contribution >= 4 is 28.6 Å². The van der Waals surface area contributed by atoms with Crippen LogP contribution in [0.5, 0.6) is 0 Å². The van der Waals surface area contributed by atoms with E-state index in [2.05, 4.69) is 12.2 Å². The summed E-state index contributed by atoms with van der Waals surface area (Å²) in [6, 6.07) is 17.5. The van der Waals surface area contributed by atoms with E-state index >= 15 is 0 Å². The number of amides is 1. The number of carbonyl (C=O) groups excluding carboxylic acids is 1. The Morgan fingerprint density at radius 2 is 1.83 bits per heavy atom. The lowest BCUT2D eigenvalue weighted by Crippen LogP contribution is -2.42. The first-order valence-electron chi connectivity index (χ1n) is 10.6. The molecule has 2 aromatic carbocycles. The van der Waals surface area contributed by atoms with Crippen molar-refractivity contribution in [2.24, 2.45) is 5.92 Å². The zero-order valence-electron chi connectivity index (χ0n) is 17.2. The van der Waals surface area contributed by atoms with Gasteiger partial charge in [-0.15, -0.1) is 0 Å². The largest absolute Gasteiger partial charge is 0.352 e. The highest BCUT2D eigenvalue weighted by Crippen LogP contribution is 2.24. The number of thioether (sulfide) groups is 1. The third-order valence-electron chi connectivity index (χ3n) is 5.80. The molecule has 1 saturated carbocycles. The molecule has 1 aromatic heterocycles. The van der Waals surface area contributed by atoms with Gasteiger partial charge in [0.05, 0.1) is 23.2 Å². The Bertz CT molecular complexity index is 1080. The summed E-state index contributed by atoms with van der Waals surface area (Å²) in [4.78, 5) is 30.5. The molecule has 1 N–H and O–H groups in total. The van der Waals surface area contributed by atoms with Crippen LogP contribution < -0.4 is 10.9 Å². The second-order valence-electron chi connectivity index (χ2n) is 8.01.